The van der Waals surface area contributed by atoms with Crippen LogP contribution < -0.4 is 5.73 Å². The molecule has 0 amide bonds. The third-order valence-electron chi connectivity index (χ3n) is 2.71. The Morgan fingerprint density at radius 3 is 2.58 bits per heavy atom. The normalized spacial score (nSPS) is 10.5. The summed E-state index contributed by atoms with van der Waals surface area (Å²) in [6.07, 6.45) is -0.0122. The number of hydrogen-bond donors (Lipinski definition) is 1. The molecule has 19 heavy (non-hydrogen) atoms. The summed E-state index contributed by atoms with van der Waals surface area (Å²) in [6, 6.07) is 8.33. The van der Waals surface area contributed by atoms with Gasteiger partial charge in [-0.05, 0) is 45.8 Å². The van der Waals surface area contributed by atoms with Crippen LogP contribution in [0.15, 0.2) is 40.9 Å². The predicted molar refractivity (Wildman–Crippen MR) is 72.9 cm³/mol. The maximum atomic E-state index is 13.3. The zero-order valence-corrected chi connectivity index (χ0v) is 11.4. The highest BCUT2D eigenvalue weighted by Crippen LogP contribution is 2.22. The first kappa shape index (κ1) is 13.7. The van der Waals surface area contributed by atoms with Gasteiger partial charge >= 0.3 is 0 Å². The Balaban J connectivity index is 2.26. The van der Waals surface area contributed by atoms with Crippen LogP contribution in [0.25, 0.3) is 0 Å². The van der Waals surface area contributed by atoms with Crippen molar-refractivity contribution in [1.29, 1.82) is 0 Å². The van der Waals surface area contributed by atoms with Crippen LogP contribution in [0.2, 0.25) is 0 Å². The highest BCUT2D eigenvalue weighted by molar-refractivity contribution is 9.10. The Hall–Kier alpha value is -1.75. The number of Topliss-reactive ketones (excluding diaryl/α,β-unsaturated/α-hetero) is 1. The molecule has 0 aliphatic carbocycles. The summed E-state index contributed by atoms with van der Waals surface area (Å²) >= 11 is 3.09. The SMILES string of the molecule is Nc1ccc(C(=O)Cc2cccc(F)c2Br)cc1F. The molecule has 0 aromatic heterocycles. The van der Waals surface area contributed by atoms with Gasteiger partial charge in [-0.1, -0.05) is 12.1 Å². The van der Waals surface area contributed by atoms with Crippen LogP contribution in [-0.2, 0) is 6.42 Å². The van der Waals surface area contributed by atoms with Crippen molar-refractivity contribution in [3.8, 4) is 0 Å². The first-order valence-corrected chi connectivity index (χ1v) is 6.29. The Morgan fingerprint density at radius 1 is 1.16 bits per heavy atom. The maximum Gasteiger partial charge on any atom is 0.167 e. The van der Waals surface area contributed by atoms with E-state index in [0.29, 0.717) is 5.56 Å². The molecule has 5 heteroatoms. The van der Waals surface area contributed by atoms with Crippen molar-refractivity contribution in [2.45, 2.75) is 6.42 Å². The summed E-state index contributed by atoms with van der Waals surface area (Å²) in [7, 11) is 0. The van der Waals surface area contributed by atoms with Crippen molar-refractivity contribution in [2.75, 3.05) is 5.73 Å². The van der Waals surface area contributed by atoms with Crippen molar-refractivity contribution in [2.24, 2.45) is 0 Å². The summed E-state index contributed by atoms with van der Waals surface area (Å²) < 4.78 is 26.8. The fourth-order valence-electron chi connectivity index (χ4n) is 1.66. The molecule has 2 nitrogen and oxygen atoms in total. The second-order valence-corrected chi connectivity index (χ2v) is 4.84. The second-order valence-electron chi connectivity index (χ2n) is 4.05. The Kier molecular flexibility index (Phi) is 3.95. The van der Waals surface area contributed by atoms with Gasteiger partial charge in [-0.15, -0.1) is 0 Å². The Labute approximate surface area is 117 Å². The lowest BCUT2D eigenvalue weighted by atomic mass is 10.0. The van der Waals surface area contributed by atoms with Crippen molar-refractivity contribution in [3.63, 3.8) is 0 Å². The molecule has 0 radical (unpaired) electrons. The average Bonchev–Trinajstić information content (AvgIpc) is 2.38. The average molecular weight is 326 g/mol. The van der Waals surface area contributed by atoms with Crippen molar-refractivity contribution < 1.29 is 13.6 Å². The van der Waals surface area contributed by atoms with Crippen LogP contribution in [0.3, 0.4) is 0 Å². The molecule has 0 saturated heterocycles. The van der Waals surface area contributed by atoms with Gasteiger partial charge in [-0.25, -0.2) is 8.78 Å². The summed E-state index contributed by atoms with van der Waals surface area (Å²) in [4.78, 5) is 12.0. The lowest BCUT2D eigenvalue weighted by molar-refractivity contribution is 0.0992. The number of ketones is 1. The molecule has 0 unspecified atom stereocenters. The van der Waals surface area contributed by atoms with Crippen LogP contribution in [0, 0.1) is 11.6 Å². The van der Waals surface area contributed by atoms with Crippen molar-refractivity contribution >= 4 is 27.4 Å². The number of carbonyl (C=O) groups is 1. The lowest BCUT2D eigenvalue weighted by Crippen LogP contribution is -2.06. The van der Waals surface area contributed by atoms with E-state index in [-0.39, 0.29) is 27.9 Å². The molecule has 2 aromatic rings. The largest absolute Gasteiger partial charge is 0.396 e. The number of nitrogens with two attached hydrogens (primary N) is 1. The zero-order chi connectivity index (χ0) is 14.0. The minimum atomic E-state index is -0.635. The summed E-state index contributed by atoms with van der Waals surface area (Å²) in [6.45, 7) is 0. The number of hydrogen-bond acceptors (Lipinski definition) is 2. The summed E-state index contributed by atoms with van der Waals surface area (Å²) in [5.74, 6) is -1.37. The van der Waals surface area contributed by atoms with Gasteiger partial charge in [0.2, 0.25) is 0 Å². The van der Waals surface area contributed by atoms with E-state index in [9.17, 15) is 13.6 Å². The van der Waals surface area contributed by atoms with Gasteiger partial charge in [0.15, 0.2) is 5.78 Å². The molecular formula is C14H10BrF2NO. The summed E-state index contributed by atoms with van der Waals surface area (Å²) in [5, 5.41) is 0. The third kappa shape index (κ3) is 2.98. The number of benzene rings is 2. The topological polar surface area (TPSA) is 43.1 Å². The molecule has 0 saturated carbocycles. The molecular weight excluding hydrogens is 316 g/mol. The minimum absolute atomic E-state index is 0.0107. The molecule has 0 spiro atoms. The van der Waals surface area contributed by atoms with Gasteiger partial charge in [0.25, 0.3) is 0 Å². The van der Waals surface area contributed by atoms with E-state index in [0.717, 1.165) is 6.07 Å². The molecule has 2 aromatic carbocycles. The molecule has 0 aliphatic heterocycles. The lowest BCUT2D eigenvalue weighted by Gasteiger charge is -2.06. The smallest absolute Gasteiger partial charge is 0.167 e. The van der Waals surface area contributed by atoms with E-state index < -0.39 is 11.6 Å². The van der Waals surface area contributed by atoms with E-state index in [1.807, 2.05) is 0 Å². The second kappa shape index (κ2) is 5.48. The zero-order valence-electron chi connectivity index (χ0n) is 9.79. The van der Waals surface area contributed by atoms with Gasteiger partial charge < -0.3 is 5.73 Å². The minimum Gasteiger partial charge on any atom is -0.396 e. The maximum absolute atomic E-state index is 13.3. The fourth-order valence-corrected chi connectivity index (χ4v) is 2.07. The molecule has 98 valence electrons. The van der Waals surface area contributed by atoms with E-state index in [4.69, 9.17) is 5.73 Å². The van der Waals surface area contributed by atoms with E-state index >= 15 is 0 Å². The number of halogens is 3. The van der Waals surface area contributed by atoms with Crippen molar-refractivity contribution in [1.82, 2.24) is 0 Å². The first-order valence-electron chi connectivity index (χ1n) is 5.50. The van der Waals surface area contributed by atoms with Gasteiger partial charge in [-0.3, -0.25) is 4.79 Å². The highest BCUT2D eigenvalue weighted by Gasteiger charge is 2.13. The molecule has 0 heterocycles. The quantitative estimate of drug-likeness (QED) is 0.690. The van der Waals surface area contributed by atoms with Gasteiger partial charge in [-0.2, -0.15) is 0 Å². The fraction of sp³-hybridized carbons (Fsp3) is 0.0714. The van der Waals surface area contributed by atoms with Crippen LogP contribution in [0.1, 0.15) is 15.9 Å². The molecule has 0 fully saturated rings. The van der Waals surface area contributed by atoms with Gasteiger partial charge in [0.05, 0.1) is 10.2 Å². The Morgan fingerprint density at radius 2 is 1.89 bits per heavy atom. The van der Waals surface area contributed by atoms with Crippen LogP contribution in [0.4, 0.5) is 14.5 Å². The number of nitrogen functional groups attached to an aromatic ring is 1. The van der Waals surface area contributed by atoms with Crippen LogP contribution in [0.5, 0.6) is 0 Å². The third-order valence-corrected chi connectivity index (χ3v) is 3.59. The van der Waals surface area contributed by atoms with Crippen LogP contribution >= 0.6 is 15.9 Å². The number of anilines is 1. The van der Waals surface area contributed by atoms with Gasteiger partial charge in [0.1, 0.15) is 11.6 Å². The van der Waals surface area contributed by atoms with E-state index in [1.165, 1.54) is 24.3 Å². The summed E-state index contributed by atoms with van der Waals surface area (Å²) in [5.41, 5.74) is 6.06. The number of rotatable bonds is 3. The highest BCUT2D eigenvalue weighted by atomic mass is 79.9. The molecule has 0 bridgehead atoms. The van der Waals surface area contributed by atoms with Gasteiger partial charge in [0, 0.05) is 12.0 Å². The Bertz CT molecular complexity index is 643. The standard InChI is InChI=1S/C14H10BrF2NO/c15-14-9(2-1-3-10(14)16)7-13(19)8-4-5-12(18)11(17)6-8/h1-6H,7,18H2. The number of carbonyl (C=O) groups excluding carboxylic acids is 1. The van der Waals surface area contributed by atoms with Crippen LogP contribution in [-0.4, -0.2) is 5.78 Å². The first-order chi connectivity index (χ1) is 8.99. The van der Waals surface area contributed by atoms with Crippen molar-refractivity contribution in [3.05, 3.63) is 63.6 Å². The van der Waals surface area contributed by atoms with E-state index in [1.54, 1.807) is 6.07 Å². The predicted octanol–water partition coefficient (Wildman–Crippen LogP) is 3.73. The molecule has 2 rings (SSSR count). The molecule has 2 N–H and O–H groups in total. The molecule has 0 atom stereocenters. The molecule has 0 aliphatic rings. The van der Waals surface area contributed by atoms with E-state index in [2.05, 4.69) is 15.9 Å². The monoisotopic (exact) mass is 325 g/mol.